The molecule has 0 heterocycles. The lowest BCUT2D eigenvalue weighted by atomic mass is 9.92. The summed E-state index contributed by atoms with van der Waals surface area (Å²) in [7, 11) is 0. The second-order valence-electron chi connectivity index (χ2n) is 5.20. The Morgan fingerprint density at radius 1 is 1.10 bits per heavy atom. The molecule has 20 heavy (non-hydrogen) atoms. The third-order valence-electron chi connectivity index (χ3n) is 3.25. The molecule has 0 aromatic heterocycles. The van der Waals surface area contributed by atoms with Gasteiger partial charge in [0.05, 0.1) is 5.54 Å². The van der Waals surface area contributed by atoms with Crippen molar-refractivity contribution in [2.24, 2.45) is 5.73 Å². The van der Waals surface area contributed by atoms with E-state index in [0.717, 1.165) is 22.1 Å². The normalized spacial score (nSPS) is 13.8. The fourth-order valence-electron chi connectivity index (χ4n) is 2.10. The minimum absolute atomic E-state index is 0.218. The molecular weight excluding hydrogens is 319 g/mol. The summed E-state index contributed by atoms with van der Waals surface area (Å²) in [6.07, 6.45) is 0.736. The molecule has 0 fully saturated rings. The Bertz CT molecular complexity index is 504. The smallest absolute Gasteiger partial charge is 0.123 e. The second-order valence-corrected chi connectivity index (χ2v) is 6.12. The first-order valence-electron chi connectivity index (χ1n) is 6.49. The molecule has 0 aliphatic rings. The minimum atomic E-state index is -0.272. The number of rotatable bonds is 5. The van der Waals surface area contributed by atoms with E-state index < -0.39 is 0 Å². The molecule has 4 heteroatoms. The maximum absolute atomic E-state index is 12.9. The van der Waals surface area contributed by atoms with Crippen LogP contribution in [0, 0.1) is 5.82 Å². The van der Waals surface area contributed by atoms with Gasteiger partial charge < -0.3 is 11.1 Å². The summed E-state index contributed by atoms with van der Waals surface area (Å²) in [5.74, 6) is -0.218. The van der Waals surface area contributed by atoms with Gasteiger partial charge in [-0.15, -0.1) is 0 Å². The summed E-state index contributed by atoms with van der Waals surface area (Å²) in [5, 5.41) is 3.46. The lowest BCUT2D eigenvalue weighted by Gasteiger charge is -2.31. The van der Waals surface area contributed by atoms with E-state index >= 15 is 0 Å². The highest BCUT2D eigenvalue weighted by atomic mass is 79.9. The van der Waals surface area contributed by atoms with Crippen molar-refractivity contribution in [2.75, 3.05) is 11.9 Å². The first-order valence-corrected chi connectivity index (χ1v) is 7.28. The van der Waals surface area contributed by atoms with Crippen LogP contribution in [-0.2, 0) is 6.42 Å². The zero-order chi connectivity index (χ0) is 14.6. The number of hydrogen-bond donors (Lipinski definition) is 2. The van der Waals surface area contributed by atoms with Gasteiger partial charge in [-0.1, -0.05) is 28.1 Å². The van der Waals surface area contributed by atoms with Crippen LogP contribution in [0.2, 0.25) is 0 Å². The number of nitrogens with one attached hydrogen (secondary N) is 1. The van der Waals surface area contributed by atoms with Gasteiger partial charge in [-0.2, -0.15) is 0 Å². The highest BCUT2D eigenvalue weighted by Gasteiger charge is 2.22. The third kappa shape index (κ3) is 4.05. The average Bonchev–Trinajstić information content (AvgIpc) is 2.44. The standard InChI is InChI=1S/C16H18BrFN2/c1-16(11-19,10-12-2-6-14(18)7-3-12)20-15-8-4-13(17)5-9-15/h2-9,20H,10-11,19H2,1H3. The van der Waals surface area contributed by atoms with Crippen molar-refractivity contribution in [2.45, 2.75) is 18.9 Å². The van der Waals surface area contributed by atoms with Crippen LogP contribution in [0.15, 0.2) is 53.0 Å². The van der Waals surface area contributed by atoms with Crippen molar-refractivity contribution in [1.29, 1.82) is 0 Å². The van der Waals surface area contributed by atoms with Gasteiger partial charge in [0.2, 0.25) is 0 Å². The van der Waals surface area contributed by atoms with Gasteiger partial charge in [-0.3, -0.25) is 0 Å². The molecule has 0 aliphatic heterocycles. The fourth-order valence-corrected chi connectivity index (χ4v) is 2.37. The van der Waals surface area contributed by atoms with Crippen LogP contribution in [0.4, 0.5) is 10.1 Å². The van der Waals surface area contributed by atoms with Gasteiger partial charge in [-0.05, 0) is 55.3 Å². The zero-order valence-corrected chi connectivity index (χ0v) is 13.0. The lowest BCUT2D eigenvalue weighted by Crippen LogP contribution is -2.44. The molecule has 0 radical (unpaired) electrons. The monoisotopic (exact) mass is 336 g/mol. The van der Waals surface area contributed by atoms with E-state index in [2.05, 4.69) is 28.2 Å². The number of anilines is 1. The van der Waals surface area contributed by atoms with Crippen LogP contribution in [0.25, 0.3) is 0 Å². The molecule has 0 aliphatic carbocycles. The van der Waals surface area contributed by atoms with Gasteiger partial charge >= 0.3 is 0 Å². The van der Waals surface area contributed by atoms with Crippen LogP contribution in [-0.4, -0.2) is 12.1 Å². The molecule has 0 bridgehead atoms. The van der Waals surface area contributed by atoms with Crippen molar-refractivity contribution in [3.8, 4) is 0 Å². The van der Waals surface area contributed by atoms with Crippen molar-refractivity contribution >= 4 is 21.6 Å². The molecule has 2 nitrogen and oxygen atoms in total. The molecule has 3 N–H and O–H groups in total. The van der Waals surface area contributed by atoms with E-state index in [1.807, 2.05) is 24.3 Å². The molecule has 2 aromatic rings. The Hall–Kier alpha value is -1.39. The molecule has 0 saturated carbocycles. The summed E-state index contributed by atoms with van der Waals surface area (Å²) in [5.41, 5.74) is 7.72. The molecule has 0 saturated heterocycles. The second kappa shape index (κ2) is 6.37. The molecule has 106 valence electrons. The Morgan fingerprint density at radius 2 is 1.70 bits per heavy atom. The maximum Gasteiger partial charge on any atom is 0.123 e. The predicted molar refractivity (Wildman–Crippen MR) is 85.3 cm³/mol. The average molecular weight is 337 g/mol. The van der Waals surface area contributed by atoms with Crippen LogP contribution >= 0.6 is 15.9 Å². The van der Waals surface area contributed by atoms with Gasteiger partial charge in [0.25, 0.3) is 0 Å². The van der Waals surface area contributed by atoms with E-state index in [4.69, 9.17) is 5.73 Å². The first kappa shape index (κ1) is 15.0. The van der Waals surface area contributed by atoms with Crippen molar-refractivity contribution in [3.05, 3.63) is 64.4 Å². The van der Waals surface area contributed by atoms with Crippen molar-refractivity contribution in [1.82, 2.24) is 0 Å². The SMILES string of the molecule is CC(CN)(Cc1ccc(F)cc1)Nc1ccc(Br)cc1. The zero-order valence-electron chi connectivity index (χ0n) is 11.4. The number of hydrogen-bond acceptors (Lipinski definition) is 2. The molecule has 0 amide bonds. The van der Waals surface area contributed by atoms with Crippen molar-refractivity contribution in [3.63, 3.8) is 0 Å². The summed E-state index contributed by atoms with van der Waals surface area (Å²) in [4.78, 5) is 0. The molecule has 1 unspecified atom stereocenters. The minimum Gasteiger partial charge on any atom is -0.378 e. The van der Waals surface area contributed by atoms with E-state index in [9.17, 15) is 4.39 Å². The largest absolute Gasteiger partial charge is 0.378 e. The van der Waals surface area contributed by atoms with E-state index in [-0.39, 0.29) is 11.4 Å². The fraction of sp³-hybridized carbons (Fsp3) is 0.250. The Kier molecular flexibility index (Phi) is 4.78. The number of halogens is 2. The highest BCUT2D eigenvalue weighted by Crippen LogP contribution is 2.21. The van der Waals surface area contributed by atoms with Crippen LogP contribution in [0.1, 0.15) is 12.5 Å². The molecule has 1 atom stereocenters. The van der Waals surface area contributed by atoms with E-state index in [1.165, 1.54) is 12.1 Å². The Morgan fingerprint density at radius 3 is 2.25 bits per heavy atom. The number of nitrogens with two attached hydrogens (primary N) is 1. The van der Waals surface area contributed by atoms with E-state index in [1.54, 1.807) is 12.1 Å². The topological polar surface area (TPSA) is 38.0 Å². The summed E-state index contributed by atoms with van der Waals surface area (Å²) >= 11 is 3.41. The summed E-state index contributed by atoms with van der Waals surface area (Å²) in [6.45, 7) is 2.55. The van der Waals surface area contributed by atoms with E-state index in [0.29, 0.717) is 6.54 Å². The van der Waals surface area contributed by atoms with Gasteiger partial charge in [0.1, 0.15) is 5.82 Å². The van der Waals surface area contributed by atoms with Gasteiger partial charge in [-0.25, -0.2) is 4.39 Å². The molecule has 2 aromatic carbocycles. The van der Waals surface area contributed by atoms with Crippen LogP contribution in [0.3, 0.4) is 0 Å². The maximum atomic E-state index is 12.9. The summed E-state index contributed by atoms with van der Waals surface area (Å²) < 4.78 is 14.0. The van der Waals surface area contributed by atoms with Crippen molar-refractivity contribution < 1.29 is 4.39 Å². The quantitative estimate of drug-likeness (QED) is 0.867. The predicted octanol–water partition coefficient (Wildman–Crippen LogP) is 3.96. The Labute approximate surface area is 127 Å². The Balaban J connectivity index is 2.12. The van der Waals surface area contributed by atoms with Gasteiger partial charge in [0, 0.05) is 16.7 Å². The molecule has 0 spiro atoms. The molecule has 2 rings (SSSR count). The highest BCUT2D eigenvalue weighted by molar-refractivity contribution is 9.10. The first-order chi connectivity index (χ1) is 9.50. The van der Waals surface area contributed by atoms with Gasteiger partial charge in [0.15, 0.2) is 0 Å². The summed E-state index contributed by atoms with van der Waals surface area (Å²) in [6, 6.07) is 14.5. The lowest BCUT2D eigenvalue weighted by molar-refractivity contribution is 0.520. The van der Waals surface area contributed by atoms with Crippen LogP contribution in [0.5, 0.6) is 0 Å². The third-order valence-corrected chi connectivity index (χ3v) is 3.78. The number of benzene rings is 2. The van der Waals surface area contributed by atoms with Crippen LogP contribution < -0.4 is 11.1 Å². The molecular formula is C16H18BrFN2.